The van der Waals surface area contributed by atoms with Gasteiger partial charge in [0.25, 0.3) is 5.91 Å². The van der Waals surface area contributed by atoms with Gasteiger partial charge >= 0.3 is 0 Å². The van der Waals surface area contributed by atoms with Crippen molar-refractivity contribution >= 4 is 27.5 Å². The Morgan fingerprint density at radius 2 is 2.22 bits per heavy atom. The van der Waals surface area contributed by atoms with E-state index in [1.165, 1.54) is 0 Å². The topological polar surface area (TPSA) is 81.2 Å². The molecule has 2 aromatic rings. The number of aryl methyl sites for hydroxylation is 1. The summed E-state index contributed by atoms with van der Waals surface area (Å²) in [6.07, 6.45) is 0. The Balaban J connectivity index is 2.03. The fourth-order valence-electron chi connectivity index (χ4n) is 1.51. The summed E-state index contributed by atoms with van der Waals surface area (Å²) in [6.45, 7) is 2.12. The summed E-state index contributed by atoms with van der Waals surface area (Å²) in [5.41, 5.74) is 7.48. The van der Waals surface area contributed by atoms with Gasteiger partial charge in [-0.3, -0.25) is 4.79 Å². The number of nitrogen functional groups attached to an aromatic ring is 1. The third kappa shape index (κ3) is 3.10. The van der Waals surface area contributed by atoms with Gasteiger partial charge in [0, 0.05) is 21.8 Å². The van der Waals surface area contributed by atoms with Crippen molar-refractivity contribution in [3.8, 4) is 0 Å². The highest BCUT2D eigenvalue weighted by molar-refractivity contribution is 9.10. The highest BCUT2D eigenvalue weighted by atomic mass is 79.9. The highest BCUT2D eigenvalue weighted by Crippen LogP contribution is 2.17. The largest absolute Gasteiger partial charge is 0.399 e. The van der Waals surface area contributed by atoms with E-state index in [1.807, 2.05) is 6.92 Å². The molecule has 0 aliphatic heterocycles. The predicted molar refractivity (Wildman–Crippen MR) is 71.0 cm³/mol. The molecule has 0 atom stereocenters. The third-order valence-corrected chi connectivity index (χ3v) is 2.74. The minimum atomic E-state index is -0.211. The number of aromatic nitrogens is 1. The van der Waals surface area contributed by atoms with Crippen LogP contribution in [0.4, 0.5) is 5.69 Å². The SMILES string of the molecule is Cc1cc(CNC(=O)c2cc(N)cc(Br)c2)on1. The second kappa shape index (κ2) is 5.22. The molecular weight excluding hydrogens is 298 g/mol. The Morgan fingerprint density at radius 1 is 1.44 bits per heavy atom. The maximum absolute atomic E-state index is 11.9. The zero-order valence-electron chi connectivity index (χ0n) is 9.74. The minimum Gasteiger partial charge on any atom is -0.399 e. The van der Waals surface area contributed by atoms with E-state index in [1.54, 1.807) is 24.3 Å². The van der Waals surface area contributed by atoms with E-state index in [0.717, 1.165) is 10.2 Å². The molecule has 0 saturated carbocycles. The third-order valence-electron chi connectivity index (χ3n) is 2.28. The van der Waals surface area contributed by atoms with Gasteiger partial charge in [-0.15, -0.1) is 0 Å². The summed E-state index contributed by atoms with van der Waals surface area (Å²) in [5, 5.41) is 6.48. The van der Waals surface area contributed by atoms with Gasteiger partial charge in [-0.25, -0.2) is 0 Å². The second-order valence-electron chi connectivity index (χ2n) is 3.89. The molecular formula is C12H12BrN3O2. The normalized spacial score (nSPS) is 10.3. The molecule has 1 heterocycles. The van der Waals surface area contributed by atoms with E-state index in [0.29, 0.717) is 23.6 Å². The number of hydrogen-bond donors (Lipinski definition) is 2. The van der Waals surface area contributed by atoms with Crippen molar-refractivity contribution in [3.63, 3.8) is 0 Å². The number of amides is 1. The van der Waals surface area contributed by atoms with Crippen LogP contribution in [0.25, 0.3) is 0 Å². The second-order valence-corrected chi connectivity index (χ2v) is 4.81. The Kier molecular flexibility index (Phi) is 3.66. The van der Waals surface area contributed by atoms with Gasteiger partial charge in [0.05, 0.1) is 12.2 Å². The average molecular weight is 310 g/mol. The molecule has 0 aliphatic rings. The van der Waals surface area contributed by atoms with Crippen LogP contribution in [-0.4, -0.2) is 11.1 Å². The molecule has 0 saturated heterocycles. The number of anilines is 1. The molecule has 0 aliphatic carbocycles. The van der Waals surface area contributed by atoms with Gasteiger partial charge in [-0.2, -0.15) is 0 Å². The molecule has 2 rings (SSSR count). The lowest BCUT2D eigenvalue weighted by molar-refractivity contribution is 0.0947. The monoisotopic (exact) mass is 309 g/mol. The number of halogens is 1. The van der Waals surface area contributed by atoms with Crippen LogP contribution < -0.4 is 11.1 Å². The summed E-state index contributed by atoms with van der Waals surface area (Å²) in [4.78, 5) is 11.9. The number of nitrogens with zero attached hydrogens (tertiary/aromatic N) is 1. The first-order valence-corrected chi connectivity index (χ1v) is 6.10. The van der Waals surface area contributed by atoms with Crippen molar-refractivity contribution < 1.29 is 9.32 Å². The Morgan fingerprint density at radius 3 is 2.83 bits per heavy atom. The maximum atomic E-state index is 11.9. The highest BCUT2D eigenvalue weighted by Gasteiger charge is 2.08. The molecule has 0 bridgehead atoms. The number of nitrogens with one attached hydrogen (secondary N) is 1. The van der Waals surface area contributed by atoms with Gasteiger partial charge in [-0.1, -0.05) is 21.1 Å². The van der Waals surface area contributed by atoms with Gasteiger partial charge < -0.3 is 15.6 Å². The fourth-order valence-corrected chi connectivity index (χ4v) is 2.02. The lowest BCUT2D eigenvalue weighted by atomic mass is 10.2. The van der Waals surface area contributed by atoms with Crippen LogP contribution >= 0.6 is 15.9 Å². The predicted octanol–water partition coefficient (Wildman–Crippen LogP) is 2.26. The van der Waals surface area contributed by atoms with Crippen LogP contribution in [0.3, 0.4) is 0 Å². The van der Waals surface area contributed by atoms with E-state index in [2.05, 4.69) is 26.4 Å². The average Bonchev–Trinajstić information content (AvgIpc) is 2.70. The molecule has 0 unspecified atom stereocenters. The standard InChI is InChI=1S/C12H12BrN3O2/c1-7-2-11(18-16-7)6-15-12(17)8-3-9(13)5-10(14)4-8/h2-5H,6,14H2,1H3,(H,15,17). The van der Waals surface area contributed by atoms with Crippen molar-refractivity contribution in [2.24, 2.45) is 0 Å². The van der Waals surface area contributed by atoms with Crippen LogP contribution in [0.5, 0.6) is 0 Å². The maximum Gasteiger partial charge on any atom is 0.251 e. The lowest BCUT2D eigenvalue weighted by Gasteiger charge is -2.04. The first kappa shape index (κ1) is 12.6. The van der Waals surface area contributed by atoms with E-state index < -0.39 is 0 Å². The van der Waals surface area contributed by atoms with E-state index >= 15 is 0 Å². The zero-order valence-corrected chi connectivity index (χ0v) is 11.3. The molecule has 6 heteroatoms. The van der Waals surface area contributed by atoms with Crippen LogP contribution in [0.1, 0.15) is 21.8 Å². The number of benzene rings is 1. The molecule has 18 heavy (non-hydrogen) atoms. The summed E-state index contributed by atoms with van der Waals surface area (Å²) in [7, 11) is 0. The molecule has 0 fully saturated rings. The van der Waals surface area contributed by atoms with Crippen molar-refractivity contribution in [1.82, 2.24) is 10.5 Å². The Hall–Kier alpha value is -1.82. The van der Waals surface area contributed by atoms with Gasteiger partial charge in [0.1, 0.15) is 0 Å². The van der Waals surface area contributed by atoms with Crippen LogP contribution in [0, 0.1) is 6.92 Å². The molecule has 0 spiro atoms. The molecule has 5 nitrogen and oxygen atoms in total. The fraction of sp³-hybridized carbons (Fsp3) is 0.167. The van der Waals surface area contributed by atoms with Gasteiger partial charge in [0.15, 0.2) is 5.76 Å². The van der Waals surface area contributed by atoms with E-state index in [9.17, 15) is 4.79 Å². The minimum absolute atomic E-state index is 0.211. The number of hydrogen-bond acceptors (Lipinski definition) is 4. The van der Waals surface area contributed by atoms with E-state index in [-0.39, 0.29) is 5.91 Å². The summed E-state index contributed by atoms with van der Waals surface area (Å²) < 4.78 is 5.77. The number of carbonyl (C=O) groups is 1. The molecule has 3 N–H and O–H groups in total. The lowest BCUT2D eigenvalue weighted by Crippen LogP contribution is -2.22. The number of rotatable bonds is 3. The molecule has 0 radical (unpaired) electrons. The van der Waals surface area contributed by atoms with Crippen molar-refractivity contribution in [1.29, 1.82) is 0 Å². The van der Waals surface area contributed by atoms with Crippen LogP contribution in [0.15, 0.2) is 33.3 Å². The van der Waals surface area contributed by atoms with Crippen LogP contribution in [0.2, 0.25) is 0 Å². The zero-order chi connectivity index (χ0) is 13.1. The van der Waals surface area contributed by atoms with Crippen LogP contribution in [-0.2, 0) is 6.54 Å². The summed E-state index contributed by atoms with van der Waals surface area (Å²) >= 11 is 3.29. The Bertz CT molecular complexity index is 560. The molecule has 94 valence electrons. The smallest absolute Gasteiger partial charge is 0.251 e. The number of nitrogens with two attached hydrogens (primary N) is 1. The van der Waals surface area contributed by atoms with Crippen molar-refractivity contribution in [2.45, 2.75) is 13.5 Å². The van der Waals surface area contributed by atoms with Crippen molar-refractivity contribution in [2.75, 3.05) is 5.73 Å². The quantitative estimate of drug-likeness (QED) is 0.852. The molecule has 1 aromatic carbocycles. The van der Waals surface area contributed by atoms with Gasteiger partial charge in [-0.05, 0) is 25.1 Å². The molecule has 1 aromatic heterocycles. The van der Waals surface area contributed by atoms with E-state index in [4.69, 9.17) is 10.3 Å². The first-order valence-electron chi connectivity index (χ1n) is 5.31. The summed E-state index contributed by atoms with van der Waals surface area (Å²) in [5.74, 6) is 0.404. The molecule has 1 amide bonds. The number of carbonyl (C=O) groups excluding carboxylic acids is 1. The summed E-state index contributed by atoms with van der Waals surface area (Å²) in [6, 6.07) is 6.83. The first-order chi connectivity index (χ1) is 8.54. The Labute approximate surface area is 112 Å². The van der Waals surface area contributed by atoms with Crippen molar-refractivity contribution in [3.05, 3.63) is 45.8 Å². The van der Waals surface area contributed by atoms with Gasteiger partial charge in [0.2, 0.25) is 0 Å².